The minimum Gasteiger partial charge on any atom is -0.392 e. The van der Waals surface area contributed by atoms with Crippen LogP contribution in [0.15, 0.2) is 48.5 Å². The summed E-state index contributed by atoms with van der Waals surface area (Å²) in [6.45, 7) is 7.94. The van der Waals surface area contributed by atoms with Gasteiger partial charge in [-0.25, -0.2) is 4.79 Å². The number of amides is 2. The van der Waals surface area contributed by atoms with Crippen LogP contribution in [0.5, 0.6) is 0 Å². The summed E-state index contributed by atoms with van der Waals surface area (Å²) in [6, 6.07) is 16.7. The maximum Gasteiger partial charge on any atom is 0.319 e. The Balaban J connectivity index is 0.957. The molecule has 5 unspecified atom stereocenters. The van der Waals surface area contributed by atoms with Gasteiger partial charge in [-0.2, -0.15) is 0 Å². The molecular weight excluding hydrogens is 588 g/mol. The lowest BCUT2D eigenvalue weighted by Crippen LogP contribution is -2.60. The van der Waals surface area contributed by atoms with Gasteiger partial charge in [-0.15, -0.1) is 0 Å². The largest absolute Gasteiger partial charge is 0.392 e. The second-order valence-corrected chi connectivity index (χ2v) is 16.0. The average molecular weight is 643 g/mol. The zero-order valence-corrected chi connectivity index (χ0v) is 28.1. The number of hydrogen-bond donors (Lipinski definition) is 3. The predicted molar refractivity (Wildman–Crippen MR) is 183 cm³/mol. The molecule has 7 aliphatic rings. The number of aliphatic hydroxyl groups is 1. The van der Waals surface area contributed by atoms with Crippen LogP contribution in [0.1, 0.15) is 100 Å². The molecule has 8 nitrogen and oxygen atoms in total. The molecule has 254 valence electrons. The van der Waals surface area contributed by atoms with E-state index in [4.69, 9.17) is 9.47 Å². The van der Waals surface area contributed by atoms with Gasteiger partial charge in [0, 0.05) is 41.8 Å². The SMILES string of the molecule is CC1C(CN2CCCC2CN2CCCC2)OC(c2ccc(NC(=O)NC34CC5CC(CC(C5)C3)C4)cc2)OC1c1ccc(CO)cc1. The highest BCUT2D eigenvalue weighted by molar-refractivity contribution is 5.89. The van der Waals surface area contributed by atoms with Gasteiger partial charge in [-0.3, -0.25) is 4.90 Å². The Hall–Kier alpha value is -2.49. The van der Waals surface area contributed by atoms with Crippen molar-refractivity contribution in [1.82, 2.24) is 15.1 Å². The lowest BCUT2D eigenvalue weighted by molar-refractivity contribution is -0.276. The Bertz CT molecular complexity index is 1340. The van der Waals surface area contributed by atoms with E-state index in [9.17, 15) is 9.90 Å². The number of hydrogen-bond acceptors (Lipinski definition) is 6. The zero-order valence-electron chi connectivity index (χ0n) is 28.1. The second kappa shape index (κ2) is 13.4. The normalized spacial score (nSPS) is 37.0. The molecule has 2 aromatic rings. The van der Waals surface area contributed by atoms with E-state index < -0.39 is 6.29 Å². The predicted octanol–water partition coefficient (Wildman–Crippen LogP) is 6.62. The highest BCUT2D eigenvalue weighted by atomic mass is 16.7. The minimum atomic E-state index is -0.506. The van der Waals surface area contributed by atoms with Crippen LogP contribution in [-0.4, -0.2) is 71.3 Å². The number of benzene rings is 2. The first kappa shape index (κ1) is 31.8. The Morgan fingerprint density at radius 2 is 1.51 bits per heavy atom. The van der Waals surface area contributed by atoms with E-state index in [-0.39, 0.29) is 36.3 Å². The molecular formula is C39H54N4O4. The van der Waals surface area contributed by atoms with Gasteiger partial charge in [-0.05, 0) is 125 Å². The lowest BCUT2D eigenvalue weighted by Gasteiger charge is -2.56. The van der Waals surface area contributed by atoms with Crippen LogP contribution in [-0.2, 0) is 16.1 Å². The number of ether oxygens (including phenoxy) is 2. The van der Waals surface area contributed by atoms with Crippen molar-refractivity contribution in [2.45, 2.75) is 108 Å². The van der Waals surface area contributed by atoms with E-state index in [1.54, 1.807) is 0 Å². The molecule has 4 saturated carbocycles. The fourth-order valence-corrected chi connectivity index (χ4v) is 10.6. The van der Waals surface area contributed by atoms with Crippen molar-refractivity contribution in [3.05, 3.63) is 65.2 Å². The van der Waals surface area contributed by atoms with Crippen molar-refractivity contribution >= 4 is 11.7 Å². The van der Waals surface area contributed by atoms with Gasteiger partial charge in [0.05, 0.1) is 18.8 Å². The van der Waals surface area contributed by atoms with E-state index in [0.29, 0.717) is 6.04 Å². The van der Waals surface area contributed by atoms with Crippen LogP contribution in [0.2, 0.25) is 0 Å². The number of carbonyl (C=O) groups is 1. The maximum atomic E-state index is 13.2. The van der Waals surface area contributed by atoms with Crippen molar-refractivity contribution in [3.8, 4) is 0 Å². The summed E-state index contributed by atoms with van der Waals surface area (Å²) in [5, 5.41) is 16.2. The fraction of sp³-hybridized carbons (Fsp3) is 0.667. The third-order valence-corrected chi connectivity index (χ3v) is 12.6. The van der Waals surface area contributed by atoms with Gasteiger partial charge in [0.1, 0.15) is 0 Å². The third-order valence-electron chi connectivity index (χ3n) is 12.6. The summed E-state index contributed by atoms with van der Waals surface area (Å²) >= 11 is 0. The Kier molecular flexibility index (Phi) is 9.08. The van der Waals surface area contributed by atoms with Gasteiger partial charge < -0.3 is 30.1 Å². The molecule has 8 heteroatoms. The first-order valence-electron chi connectivity index (χ1n) is 18.6. The summed E-state index contributed by atoms with van der Waals surface area (Å²) in [7, 11) is 0. The Morgan fingerprint density at radius 3 is 2.17 bits per heavy atom. The standard InChI is InChI=1S/C39H54N4O4/c1-26-35(24-43-16-4-5-34(43)23-42-14-2-3-15-42)46-37(47-36(26)31-8-6-27(25-44)7-9-31)32-10-12-33(13-11-32)40-38(45)41-39-20-28-17-29(21-39)19-30(18-28)22-39/h6-13,26,28-30,34-37,44H,2-5,14-25H2,1H3,(H2,40,41,45). The topological polar surface area (TPSA) is 86.3 Å². The minimum absolute atomic E-state index is 0.0124. The molecule has 0 radical (unpaired) electrons. The molecule has 2 amide bonds. The van der Waals surface area contributed by atoms with Crippen molar-refractivity contribution in [2.24, 2.45) is 23.7 Å². The molecule has 7 fully saturated rings. The Morgan fingerprint density at radius 1 is 0.851 bits per heavy atom. The highest BCUT2D eigenvalue weighted by Crippen LogP contribution is 2.55. The average Bonchev–Trinajstić information content (AvgIpc) is 3.74. The van der Waals surface area contributed by atoms with E-state index in [0.717, 1.165) is 79.0 Å². The molecule has 9 rings (SSSR count). The number of aliphatic hydroxyl groups excluding tert-OH is 1. The first-order chi connectivity index (χ1) is 22.9. The summed E-state index contributed by atoms with van der Waals surface area (Å²) in [5.74, 6) is 2.54. The zero-order chi connectivity index (χ0) is 32.0. The van der Waals surface area contributed by atoms with E-state index >= 15 is 0 Å². The smallest absolute Gasteiger partial charge is 0.319 e. The summed E-state index contributed by atoms with van der Waals surface area (Å²) in [5.41, 5.74) is 3.75. The molecule has 4 aliphatic carbocycles. The lowest BCUT2D eigenvalue weighted by atomic mass is 9.53. The van der Waals surface area contributed by atoms with Crippen molar-refractivity contribution in [3.63, 3.8) is 0 Å². The molecule has 5 atom stereocenters. The van der Waals surface area contributed by atoms with Crippen molar-refractivity contribution < 1.29 is 19.4 Å². The van der Waals surface area contributed by atoms with Crippen LogP contribution < -0.4 is 10.6 Å². The summed E-state index contributed by atoms with van der Waals surface area (Å²) < 4.78 is 13.6. The number of carbonyl (C=O) groups excluding carboxylic acids is 1. The number of nitrogens with zero attached hydrogens (tertiary/aromatic N) is 2. The van der Waals surface area contributed by atoms with E-state index in [1.165, 1.54) is 58.0 Å². The number of urea groups is 1. The van der Waals surface area contributed by atoms with Gasteiger partial charge >= 0.3 is 6.03 Å². The van der Waals surface area contributed by atoms with Crippen LogP contribution in [0.4, 0.5) is 10.5 Å². The summed E-state index contributed by atoms with van der Waals surface area (Å²) in [4.78, 5) is 18.5. The molecule has 3 N–H and O–H groups in total. The monoisotopic (exact) mass is 642 g/mol. The molecule has 2 aromatic carbocycles. The molecule has 0 spiro atoms. The molecule has 3 saturated heterocycles. The fourth-order valence-electron chi connectivity index (χ4n) is 10.6. The van der Waals surface area contributed by atoms with Crippen LogP contribution >= 0.6 is 0 Å². The van der Waals surface area contributed by atoms with Gasteiger partial charge in [0.2, 0.25) is 0 Å². The number of likely N-dealkylation sites (tertiary alicyclic amines) is 2. The third kappa shape index (κ3) is 6.86. The van der Waals surface area contributed by atoms with Crippen LogP contribution in [0, 0.1) is 23.7 Å². The molecule has 3 aliphatic heterocycles. The molecule has 47 heavy (non-hydrogen) atoms. The van der Waals surface area contributed by atoms with Gasteiger partial charge in [0.25, 0.3) is 0 Å². The molecule has 0 aromatic heterocycles. The number of rotatable bonds is 9. The molecule has 4 bridgehead atoms. The van der Waals surface area contributed by atoms with Gasteiger partial charge in [-0.1, -0.05) is 43.3 Å². The number of nitrogens with one attached hydrogen (secondary N) is 2. The van der Waals surface area contributed by atoms with Crippen molar-refractivity contribution in [1.29, 1.82) is 0 Å². The number of anilines is 1. The van der Waals surface area contributed by atoms with Gasteiger partial charge in [0.15, 0.2) is 6.29 Å². The Labute approximate surface area is 280 Å². The quantitative estimate of drug-likeness (QED) is 0.285. The van der Waals surface area contributed by atoms with Crippen molar-refractivity contribution in [2.75, 3.05) is 38.0 Å². The van der Waals surface area contributed by atoms with Crippen LogP contribution in [0.3, 0.4) is 0 Å². The maximum absolute atomic E-state index is 13.2. The summed E-state index contributed by atoms with van der Waals surface area (Å²) in [6.07, 6.45) is 12.0. The second-order valence-electron chi connectivity index (χ2n) is 16.0. The first-order valence-corrected chi connectivity index (χ1v) is 18.6. The van der Waals surface area contributed by atoms with Crippen LogP contribution in [0.25, 0.3) is 0 Å². The molecule has 3 heterocycles. The highest BCUT2D eigenvalue weighted by Gasteiger charge is 2.51. The van der Waals surface area contributed by atoms with E-state index in [1.807, 2.05) is 36.4 Å². The van der Waals surface area contributed by atoms with E-state index in [2.05, 4.69) is 39.5 Å².